The van der Waals surface area contributed by atoms with E-state index in [0.29, 0.717) is 12.2 Å². The lowest BCUT2D eigenvalue weighted by Gasteiger charge is -2.20. The van der Waals surface area contributed by atoms with Crippen LogP contribution in [-0.2, 0) is 6.42 Å². The Balaban J connectivity index is 1.40. The largest absolute Gasteiger partial charge is 0.351 e. The molecule has 3 aromatic carbocycles. The van der Waals surface area contributed by atoms with Crippen molar-refractivity contribution in [2.24, 2.45) is 0 Å². The predicted octanol–water partition coefficient (Wildman–Crippen LogP) is 6.34. The number of rotatable bonds is 6. The third kappa shape index (κ3) is 4.75. The van der Waals surface area contributed by atoms with Crippen LogP contribution in [0.4, 0.5) is 0 Å². The molecule has 1 aromatic heterocycles. The maximum absolute atomic E-state index is 13.2. The molecule has 0 bridgehead atoms. The van der Waals surface area contributed by atoms with E-state index >= 15 is 0 Å². The summed E-state index contributed by atoms with van der Waals surface area (Å²) in [6, 6.07) is 18.1. The zero-order valence-electron chi connectivity index (χ0n) is 19.4. The Morgan fingerprint density at radius 3 is 2.34 bits per heavy atom. The molecule has 176 valence electrons. The van der Waals surface area contributed by atoms with E-state index in [2.05, 4.69) is 59.7 Å². The van der Waals surface area contributed by atoms with Crippen molar-refractivity contribution in [3.8, 4) is 5.69 Å². The van der Waals surface area contributed by atoms with Gasteiger partial charge >= 0.3 is 0 Å². The number of fused-ring (bicyclic) bond motifs is 1. The van der Waals surface area contributed by atoms with Crippen LogP contribution in [0, 0.1) is 13.8 Å². The van der Waals surface area contributed by atoms with E-state index in [4.69, 9.17) is 23.2 Å². The van der Waals surface area contributed by atoms with Crippen molar-refractivity contribution in [2.75, 3.05) is 6.54 Å². The van der Waals surface area contributed by atoms with Gasteiger partial charge in [0.05, 0.1) is 21.3 Å². The van der Waals surface area contributed by atoms with Gasteiger partial charge in [-0.1, -0.05) is 77.3 Å². The van der Waals surface area contributed by atoms with Crippen LogP contribution < -0.4 is 5.32 Å². The van der Waals surface area contributed by atoms with Crippen LogP contribution >= 0.6 is 23.2 Å². The zero-order valence-corrected chi connectivity index (χ0v) is 20.9. The molecule has 35 heavy (non-hydrogen) atoms. The molecule has 1 heterocycles. The fraction of sp³-hybridized carbons (Fsp3) is 0.179. The van der Waals surface area contributed by atoms with E-state index < -0.39 is 0 Å². The summed E-state index contributed by atoms with van der Waals surface area (Å²) in [4.78, 5) is 13.2. The molecule has 0 unspecified atom stereocenters. The van der Waals surface area contributed by atoms with Crippen LogP contribution in [0.5, 0.6) is 0 Å². The summed E-state index contributed by atoms with van der Waals surface area (Å²) in [6.45, 7) is 4.71. The molecule has 0 radical (unpaired) electrons. The number of hydrogen-bond donors (Lipinski definition) is 1. The van der Waals surface area contributed by atoms with Gasteiger partial charge in [0.15, 0.2) is 0 Å². The van der Waals surface area contributed by atoms with Crippen molar-refractivity contribution >= 4 is 35.2 Å². The van der Waals surface area contributed by atoms with Gasteiger partial charge in [-0.3, -0.25) is 9.36 Å². The van der Waals surface area contributed by atoms with E-state index in [-0.39, 0.29) is 27.4 Å². The third-order valence-electron chi connectivity index (χ3n) is 6.58. The molecular formula is C28H24Cl2N4O. The molecule has 5 rings (SSSR count). The summed E-state index contributed by atoms with van der Waals surface area (Å²) in [5, 5.41) is 11.2. The Hall–Kier alpha value is -3.41. The quantitative estimate of drug-likeness (QED) is 0.334. The molecule has 1 aliphatic rings. The molecule has 0 saturated carbocycles. The average Bonchev–Trinajstić information content (AvgIpc) is 3.50. The van der Waals surface area contributed by atoms with Crippen molar-refractivity contribution in [1.29, 1.82) is 0 Å². The minimum absolute atomic E-state index is 0.0296. The normalized spacial score (nSPS) is 13.3. The van der Waals surface area contributed by atoms with Gasteiger partial charge in [0.1, 0.15) is 12.7 Å². The predicted molar refractivity (Wildman–Crippen MR) is 140 cm³/mol. The van der Waals surface area contributed by atoms with Gasteiger partial charge in [-0.05, 0) is 60.2 Å². The highest BCUT2D eigenvalue weighted by atomic mass is 35.5. The van der Waals surface area contributed by atoms with E-state index in [9.17, 15) is 4.79 Å². The molecule has 1 atom stereocenters. The van der Waals surface area contributed by atoms with Crippen LogP contribution in [0.25, 0.3) is 11.8 Å². The molecule has 1 aliphatic carbocycles. The Morgan fingerprint density at radius 1 is 1.00 bits per heavy atom. The average molecular weight is 503 g/mol. The lowest BCUT2D eigenvalue weighted by atomic mass is 9.89. The van der Waals surface area contributed by atoms with Gasteiger partial charge in [-0.15, -0.1) is 10.2 Å². The highest BCUT2D eigenvalue weighted by Gasteiger charge is 2.25. The van der Waals surface area contributed by atoms with Crippen molar-refractivity contribution in [3.05, 3.63) is 116 Å². The molecule has 0 spiro atoms. The van der Waals surface area contributed by atoms with Crippen LogP contribution in [0.3, 0.4) is 0 Å². The monoisotopic (exact) mass is 502 g/mol. The smallest absolute Gasteiger partial charge is 0.254 e. The second-order valence-electron chi connectivity index (χ2n) is 8.86. The van der Waals surface area contributed by atoms with Gasteiger partial charge in [0, 0.05) is 12.5 Å². The molecular weight excluding hydrogens is 479 g/mol. The van der Waals surface area contributed by atoms with Crippen LogP contribution in [0.15, 0.2) is 72.8 Å². The van der Waals surface area contributed by atoms with Gasteiger partial charge in [-0.2, -0.15) is 0 Å². The van der Waals surface area contributed by atoms with Gasteiger partial charge < -0.3 is 5.32 Å². The topological polar surface area (TPSA) is 59.8 Å². The summed E-state index contributed by atoms with van der Waals surface area (Å²) in [7, 11) is 0. The van der Waals surface area contributed by atoms with Crippen LogP contribution in [0.2, 0.25) is 10.0 Å². The lowest BCUT2D eigenvalue weighted by Crippen LogP contribution is -2.29. The van der Waals surface area contributed by atoms with E-state index in [1.165, 1.54) is 27.8 Å². The first kappa shape index (κ1) is 23.3. The van der Waals surface area contributed by atoms with Crippen molar-refractivity contribution in [2.45, 2.75) is 26.2 Å². The molecule has 4 aromatic rings. The molecule has 1 N–H and O–H groups in total. The minimum atomic E-state index is -0.306. The second-order valence-corrected chi connectivity index (χ2v) is 9.67. The Labute approximate surface area is 214 Å². The molecule has 0 fully saturated rings. The van der Waals surface area contributed by atoms with Crippen molar-refractivity contribution < 1.29 is 4.79 Å². The summed E-state index contributed by atoms with van der Waals surface area (Å²) in [5.41, 5.74) is 8.52. The van der Waals surface area contributed by atoms with Gasteiger partial charge in [-0.25, -0.2) is 0 Å². The van der Waals surface area contributed by atoms with E-state index in [0.717, 1.165) is 12.0 Å². The Morgan fingerprint density at radius 2 is 1.66 bits per heavy atom. The number of aryl methyl sites for hydroxylation is 2. The van der Waals surface area contributed by atoms with Gasteiger partial charge in [0.25, 0.3) is 5.91 Å². The Bertz CT molecular complexity index is 1410. The van der Waals surface area contributed by atoms with E-state index in [1.807, 2.05) is 18.2 Å². The molecule has 5 nitrogen and oxygen atoms in total. The number of halogens is 2. The van der Waals surface area contributed by atoms with Crippen molar-refractivity contribution in [3.63, 3.8) is 0 Å². The van der Waals surface area contributed by atoms with E-state index in [1.54, 1.807) is 29.4 Å². The van der Waals surface area contributed by atoms with Crippen LogP contribution in [-0.4, -0.2) is 27.2 Å². The fourth-order valence-electron chi connectivity index (χ4n) is 4.57. The number of nitrogens with one attached hydrogen (secondary N) is 1. The first-order valence-electron chi connectivity index (χ1n) is 11.4. The number of carbonyl (C=O) groups is 1. The maximum atomic E-state index is 13.2. The molecule has 7 heteroatoms. The summed E-state index contributed by atoms with van der Waals surface area (Å²) < 4.78 is 1.68. The lowest BCUT2D eigenvalue weighted by molar-refractivity contribution is 0.0952. The SMILES string of the molecule is Cc1cc2c(cc1C)CC([C@@H](CNC(=O)c1c(Cl)cc(-n3cnnc3)cc1Cl)c1ccccc1)=C2. The summed E-state index contributed by atoms with van der Waals surface area (Å²) in [5.74, 6) is -0.277. The summed E-state index contributed by atoms with van der Waals surface area (Å²) in [6.07, 6.45) is 6.21. The maximum Gasteiger partial charge on any atom is 0.254 e. The Kier molecular flexibility index (Phi) is 6.46. The number of nitrogens with zero attached hydrogens (tertiary/aromatic N) is 3. The number of hydrogen-bond acceptors (Lipinski definition) is 3. The fourth-order valence-corrected chi connectivity index (χ4v) is 5.22. The second kappa shape index (κ2) is 9.68. The highest BCUT2D eigenvalue weighted by Crippen LogP contribution is 2.36. The number of aromatic nitrogens is 3. The third-order valence-corrected chi connectivity index (χ3v) is 7.17. The minimum Gasteiger partial charge on any atom is -0.351 e. The highest BCUT2D eigenvalue weighted by molar-refractivity contribution is 6.40. The first-order chi connectivity index (χ1) is 16.9. The standard InChI is InChI=1S/C28H24Cl2N4O/c1-17-8-20-10-22(11-21(20)9-18(17)2)24(19-6-4-3-5-7-19)14-31-28(35)27-25(29)12-23(13-26(27)30)34-15-32-33-16-34/h3-10,12-13,15-16,24H,11,14H2,1-2H3,(H,31,35)/t24-/m0/s1. The van der Waals surface area contributed by atoms with Crippen molar-refractivity contribution in [1.82, 2.24) is 20.1 Å². The number of amides is 1. The van der Waals surface area contributed by atoms with Gasteiger partial charge in [0.2, 0.25) is 0 Å². The summed E-state index contributed by atoms with van der Waals surface area (Å²) >= 11 is 13.0. The number of benzene rings is 3. The molecule has 0 saturated heterocycles. The van der Waals surface area contributed by atoms with Crippen LogP contribution in [0.1, 0.15) is 44.1 Å². The molecule has 1 amide bonds. The first-order valence-corrected chi connectivity index (χ1v) is 12.1. The number of carbonyl (C=O) groups excluding carboxylic acids is 1. The molecule has 0 aliphatic heterocycles. The zero-order chi connectivity index (χ0) is 24.5.